The molecule has 0 spiro atoms. The SMILES string of the molecule is CN(C(=O)c1noc2c1CNCC2)C1(c2cocn2)CC1. The normalized spacial score (nSPS) is 19.1. The Morgan fingerprint density at radius 2 is 2.33 bits per heavy atom. The Morgan fingerprint density at radius 1 is 1.48 bits per heavy atom. The van der Waals surface area contributed by atoms with Crippen LogP contribution in [0.25, 0.3) is 0 Å². The van der Waals surface area contributed by atoms with Gasteiger partial charge >= 0.3 is 0 Å². The molecule has 2 aromatic heterocycles. The summed E-state index contributed by atoms with van der Waals surface area (Å²) in [6.45, 7) is 1.49. The zero-order valence-electron chi connectivity index (χ0n) is 11.8. The number of nitrogens with zero attached hydrogens (tertiary/aromatic N) is 3. The molecule has 3 heterocycles. The maximum absolute atomic E-state index is 12.8. The average Bonchev–Trinajstić information content (AvgIpc) is 2.97. The van der Waals surface area contributed by atoms with Crippen molar-refractivity contribution in [2.24, 2.45) is 0 Å². The molecule has 0 aromatic carbocycles. The number of aromatic nitrogens is 2. The van der Waals surface area contributed by atoms with Crippen LogP contribution in [0.3, 0.4) is 0 Å². The Balaban J connectivity index is 1.65. The molecule has 1 fully saturated rings. The lowest BCUT2D eigenvalue weighted by atomic mass is 10.1. The van der Waals surface area contributed by atoms with E-state index >= 15 is 0 Å². The summed E-state index contributed by atoms with van der Waals surface area (Å²) in [7, 11) is 1.79. The maximum Gasteiger partial charge on any atom is 0.276 e. The fraction of sp³-hybridized carbons (Fsp3) is 0.500. The fourth-order valence-corrected chi connectivity index (χ4v) is 2.98. The van der Waals surface area contributed by atoms with Crippen molar-refractivity contribution in [3.8, 4) is 0 Å². The second-order valence-corrected chi connectivity index (χ2v) is 5.63. The second-order valence-electron chi connectivity index (χ2n) is 5.63. The van der Waals surface area contributed by atoms with Crippen molar-refractivity contribution in [1.29, 1.82) is 0 Å². The predicted molar refractivity (Wildman–Crippen MR) is 71.4 cm³/mol. The van der Waals surface area contributed by atoms with E-state index in [4.69, 9.17) is 8.94 Å². The second kappa shape index (κ2) is 4.42. The van der Waals surface area contributed by atoms with E-state index in [0.29, 0.717) is 12.2 Å². The van der Waals surface area contributed by atoms with Gasteiger partial charge in [0.1, 0.15) is 17.7 Å². The van der Waals surface area contributed by atoms with Crippen LogP contribution in [0, 0.1) is 0 Å². The lowest BCUT2D eigenvalue weighted by molar-refractivity contribution is 0.0689. The molecule has 2 aliphatic rings. The van der Waals surface area contributed by atoms with Gasteiger partial charge in [-0.05, 0) is 12.8 Å². The minimum atomic E-state index is -0.349. The number of carbonyl (C=O) groups is 1. The summed E-state index contributed by atoms with van der Waals surface area (Å²) in [6.07, 6.45) is 5.56. The molecule has 21 heavy (non-hydrogen) atoms. The summed E-state index contributed by atoms with van der Waals surface area (Å²) in [5, 5.41) is 7.24. The van der Waals surface area contributed by atoms with Gasteiger partial charge in [0, 0.05) is 32.1 Å². The van der Waals surface area contributed by atoms with Gasteiger partial charge in [0.05, 0.1) is 5.54 Å². The van der Waals surface area contributed by atoms with Crippen LogP contribution in [-0.4, -0.2) is 34.5 Å². The van der Waals surface area contributed by atoms with Crippen molar-refractivity contribution < 1.29 is 13.7 Å². The first-order valence-electron chi connectivity index (χ1n) is 7.07. The van der Waals surface area contributed by atoms with Gasteiger partial charge in [-0.2, -0.15) is 0 Å². The molecule has 1 saturated carbocycles. The third-order valence-electron chi connectivity index (χ3n) is 4.48. The van der Waals surface area contributed by atoms with Gasteiger partial charge in [0.2, 0.25) is 0 Å². The quantitative estimate of drug-likeness (QED) is 0.909. The Bertz CT molecular complexity index is 672. The van der Waals surface area contributed by atoms with E-state index in [0.717, 1.165) is 42.8 Å². The van der Waals surface area contributed by atoms with Crippen LogP contribution in [0.15, 0.2) is 21.6 Å². The van der Waals surface area contributed by atoms with E-state index in [1.807, 2.05) is 0 Å². The summed E-state index contributed by atoms with van der Waals surface area (Å²) in [6, 6.07) is 0. The number of rotatable bonds is 3. The minimum absolute atomic E-state index is 0.121. The van der Waals surface area contributed by atoms with E-state index in [2.05, 4.69) is 15.5 Å². The first-order valence-corrected chi connectivity index (χ1v) is 7.07. The Kier molecular flexibility index (Phi) is 2.65. The molecular weight excluding hydrogens is 272 g/mol. The molecule has 1 amide bonds. The molecule has 110 valence electrons. The Morgan fingerprint density at radius 3 is 3.05 bits per heavy atom. The van der Waals surface area contributed by atoms with Crippen LogP contribution in [0.5, 0.6) is 0 Å². The Labute approximate surface area is 121 Å². The van der Waals surface area contributed by atoms with Crippen LogP contribution in [-0.2, 0) is 18.5 Å². The van der Waals surface area contributed by atoms with Gasteiger partial charge in [-0.3, -0.25) is 4.79 Å². The van der Waals surface area contributed by atoms with E-state index < -0.39 is 0 Å². The largest absolute Gasteiger partial charge is 0.451 e. The first kappa shape index (κ1) is 12.6. The number of hydrogen-bond donors (Lipinski definition) is 1. The van der Waals surface area contributed by atoms with Crippen molar-refractivity contribution >= 4 is 5.91 Å². The van der Waals surface area contributed by atoms with Gasteiger partial charge in [-0.1, -0.05) is 5.16 Å². The highest BCUT2D eigenvalue weighted by Gasteiger charge is 2.52. The number of oxazole rings is 1. The van der Waals surface area contributed by atoms with Crippen molar-refractivity contribution in [3.63, 3.8) is 0 Å². The summed E-state index contributed by atoms with van der Waals surface area (Å²) in [5.74, 6) is 0.695. The molecule has 0 saturated heterocycles. The smallest absolute Gasteiger partial charge is 0.276 e. The molecule has 0 radical (unpaired) electrons. The van der Waals surface area contributed by atoms with Crippen molar-refractivity contribution in [2.75, 3.05) is 13.6 Å². The van der Waals surface area contributed by atoms with E-state index in [1.165, 1.54) is 6.39 Å². The highest BCUT2D eigenvalue weighted by atomic mass is 16.5. The monoisotopic (exact) mass is 288 g/mol. The summed E-state index contributed by atoms with van der Waals surface area (Å²) < 4.78 is 10.4. The molecule has 4 rings (SSSR count). The van der Waals surface area contributed by atoms with Gasteiger partial charge in [0.25, 0.3) is 5.91 Å². The highest BCUT2D eigenvalue weighted by Crippen LogP contribution is 2.50. The molecule has 0 atom stereocenters. The van der Waals surface area contributed by atoms with Crippen molar-refractivity contribution in [1.82, 2.24) is 20.4 Å². The fourth-order valence-electron chi connectivity index (χ4n) is 2.98. The number of hydrogen-bond acceptors (Lipinski definition) is 6. The van der Waals surface area contributed by atoms with Crippen LogP contribution in [0.2, 0.25) is 0 Å². The number of fused-ring (bicyclic) bond motifs is 1. The molecule has 7 nitrogen and oxygen atoms in total. The standard InChI is InChI=1S/C14H16N4O3/c1-18(14(3-4-14)11-7-20-8-16-11)13(19)12-9-6-15-5-2-10(9)21-17-12/h7-8,15H,2-6H2,1H3. The van der Waals surface area contributed by atoms with Gasteiger partial charge < -0.3 is 19.2 Å². The summed E-state index contributed by atoms with van der Waals surface area (Å²) in [5.41, 5.74) is 1.75. The molecule has 0 unspecified atom stereocenters. The predicted octanol–water partition coefficient (Wildman–Crippen LogP) is 1.07. The van der Waals surface area contributed by atoms with Crippen molar-refractivity contribution in [3.05, 3.63) is 35.4 Å². The van der Waals surface area contributed by atoms with E-state index in [9.17, 15) is 4.79 Å². The molecule has 1 aliphatic heterocycles. The molecule has 7 heteroatoms. The van der Waals surface area contributed by atoms with Gasteiger partial charge in [-0.15, -0.1) is 0 Å². The lowest BCUT2D eigenvalue weighted by Gasteiger charge is -2.26. The van der Waals surface area contributed by atoms with Crippen LogP contribution < -0.4 is 5.32 Å². The van der Waals surface area contributed by atoms with Crippen LogP contribution >= 0.6 is 0 Å². The maximum atomic E-state index is 12.8. The third kappa shape index (κ3) is 1.80. The zero-order chi connectivity index (χ0) is 14.4. The topological polar surface area (TPSA) is 84.4 Å². The van der Waals surface area contributed by atoms with Crippen LogP contribution in [0.1, 0.15) is 40.3 Å². The van der Waals surface area contributed by atoms with Gasteiger partial charge in [-0.25, -0.2) is 4.98 Å². The number of amides is 1. The van der Waals surface area contributed by atoms with Gasteiger partial charge in [0.15, 0.2) is 12.1 Å². The van der Waals surface area contributed by atoms with Crippen LogP contribution in [0.4, 0.5) is 0 Å². The zero-order valence-corrected chi connectivity index (χ0v) is 11.8. The summed E-state index contributed by atoms with van der Waals surface area (Å²) in [4.78, 5) is 18.7. The molecule has 1 N–H and O–H groups in total. The van der Waals surface area contributed by atoms with E-state index in [1.54, 1.807) is 18.2 Å². The number of nitrogens with one attached hydrogen (secondary N) is 1. The molecule has 2 aromatic rings. The molecular formula is C14H16N4O3. The average molecular weight is 288 g/mol. The van der Waals surface area contributed by atoms with E-state index in [-0.39, 0.29) is 11.4 Å². The Hall–Kier alpha value is -2.15. The number of carbonyl (C=O) groups excluding carboxylic acids is 1. The minimum Gasteiger partial charge on any atom is -0.451 e. The highest BCUT2D eigenvalue weighted by molar-refractivity contribution is 5.94. The van der Waals surface area contributed by atoms with Crippen molar-refractivity contribution in [2.45, 2.75) is 31.3 Å². The molecule has 1 aliphatic carbocycles. The first-order chi connectivity index (χ1) is 10.2. The lowest BCUT2D eigenvalue weighted by Crippen LogP contribution is -2.38. The third-order valence-corrected chi connectivity index (χ3v) is 4.48. The summed E-state index contributed by atoms with van der Waals surface area (Å²) >= 11 is 0. The molecule has 0 bridgehead atoms.